The Morgan fingerprint density at radius 3 is 3.12 bits per heavy atom. The third kappa shape index (κ3) is 2.55. The van der Waals surface area contributed by atoms with E-state index >= 15 is 0 Å². The number of amides is 1. The Kier molecular flexibility index (Phi) is 3.49. The average Bonchev–Trinajstić information content (AvgIpc) is 2.85. The molecule has 1 unspecified atom stereocenters. The van der Waals surface area contributed by atoms with E-state index in [9.17, 15) is 9.90 Å². The molecule has 1 aromatic heterocycles. The molecule has 0 aromatic carbocycles. The fourth-order valence-electron chi connectivity index (χ4n) is 1.52. The van der Waals surface area contributed by atoms with Gasteiger partial charge in [0.15, 0.2) is 0 Å². The molecule has 0 bridgehead atoms. The summed E-state index contributed by atoms with van der Waals surface area (Å²) in [5.74, 6) is -0.250. The summed E-state index contributed by atoms with van der Waals surface area (Å²) in [4.78, 5) is 12.2. The Labute approximate surface area is 102 Å². The molecule has 16 heavy (non-hydrogen) atoms. The lowest BCUT2D eigenvalue weighted by atomic mass is 10.0. The fourth-order valence-corrected chi connectivity index (χ4v) is 2.57. The van der Waals surface area contributed by atoms with Crippen LogP contribution in [0.1, 0.15) is 16.1 Å². The van der Waals surface area contributed by atoms with Crippen LogP contribution < -0.4 is 5.32 Å². The average molecular weight is 262 g/mol. The SMILES string of the molecule is O=C(NCC1(O)CCOC1)c1sccc1Cl. The van der Waals surface area contributed by atoms with Crippen LogP contribution in [0.3, 0.4) is 0 Å². The van der Waals surface area contributed by atoms with Gasteiger partial charge in [0.1, 0.15) is 10.5 Å². The zero-order chi connectivity index (χ0) is 11.6. The quantitative estimate of drug-likeness (QED) is 0.862. The van der Waals surface area contributed by atoms with Crippen LogP contribution in [-0.2, 0) is 4.74 Å². The van der Waals surface area contributed by atoms with Gasteiger partial charge in [-0.25, -0.2) is 0 Å². The molecule has 1 aliphatic rings. The van der Waals surface area contributed by atoms with E-state index in [2.05, 4.69) is 5.32 Å². The first kappa shape index (κ1) is 11.9. The zero-order valence-electron chi connectivity index (χ0n) is 8.53. The summed E-state index contributed by atoms with van der Waals surface area (Å²) in [5.41, 5.74) is -0.931. The number of thiophene rings is 1. The number of hydrogen-bond donors (Lipinski definition) is 2. The van der Waals surface area contributed by atoms with E-state index in [4.69, 9.17) is 16.3 Å². The van der Waals surface area contributed by atoms with Crippen LogP contribution in [0, 0.1) is 0 Å². The van der Waals surface area contributed by atoms with Crippen LogP contribution in [0.2, 0.25) is 5.02 Å². The first-order valence-electron chi connectivity index (χ1n) is 4.92. The van der Waals surface area contributed by atoms with E-state index in [1.165, 1.54) is 11.3 Å². The van der Waals surface area contributed by atoms with Crippen molar-refractivity contribution in [3.05, 3.63) is 21.3 Å². The van der Waals surface area contributed by atoms with Gasteiger partial charge in [-0.2, -0.15) is 0 Å². The van der Waals surface area contributed by atoms with Crippen LogP contribution in [-0.4, -0.2) is 36.4 Å². The third-order valence-electron chi connectivity index (χ3n) is 2.48. The third-order valence-corrected chi connectivity index (χ3v) is 3.82. The number of nitrogens with one attached hydrogen (secondary N) is 1. The first-order valence-corrected chi connectivity index (χ1v) is 6.18. The maximum Gasteiger partial charge on any atom is 0.262 e. The molecule has 1 saturated heterocycles. The number of halogens is 1. The molecule has 0 spiro atoms. The molecule has 0 saturated carbocycles. The molecule has 1 aliphatic heterocycles. The summed E-state index contributed by atoms with van der Waals surface area (Å²) in [6, 6.07) is 1.68. The standard InChI is InChI=1S/C10H12ClNO3S/c11-7-1-4-16-8(7)9(13)12-5-10(14)2-3-15-6-10/h1,4,14H,2-3,5-6H2,(H,12,13). The van der Waals surface area contributed by atoms with Gasteiger partial charge in [0.2, 0.25) is 0 Å². The van der Waals surface area contributed by atoms with Crippen LogP contribution >= 0.6 is 22.9 Å². The molecule has 2 heterocycles. The summed E-state index contributed by atoms with van der Waals surface area (Å²) in [7, 11) is 0. The number of hydrogen-bond acceptors (Lipinski definition) is 4. The molecular weight excluding hydrogens is 250 g/mol. The molecule has 2 N–H and O–H groups in total. The second kappa shape index (κ2) is 4.71. The number of carbonyl (C=O) groups excluding carboxylic acids is 1. The molecule has 2 rings (SSSR count). The predicted molar refractivity (Wildman–Crippen MR) is 62.0 cm³/mol. The minimum absolute atomic E-state index is 0.195. The van der Waals surface area contributed by atoms with Crippen molar-refractivity contribution in [2.24, 2.45) is 0 Å². The Morgan fingerprint density at radius 1 is 1.75 bits per heavy atom. The Morgan fingerprint density at radius 2 is 2.56 bits per heavy atom. The molecule has 88 valence electrons. The van der Waals surface area contributed by atoms with Crippen molar-refractivity contribution in [2.45, 2.75) is 12.0 Å². The molecule has 1 atom stereocenters. The zero-order valence-corrected chi connectivity index (χ0v) is 10.1. The lowest BCUT2D eigenvalue weighted by Gasteiger charge is -2.20. The van der Waals surface area contributed by atoms with Crippen molar-refractivity contribution < 1.29 is 14.6 Å². The van der Waals surface area contributed by atoms with Crippen molar-refractivity contribution >= 4 is 28.8 Å². The van der Waals surface area contributed by atoms with Gasteiger partial charge in [-0.05, 0) is 11.4 Å². The number of carbonyl (C=O) groups is 1. The van der Waals surface area contributed by atoms with Gasteiger partial charge in [-0.3, -0.25) is 4.79 Å². The number of aliphatic hydroxyl groups is 1. The minimum atomic E-state index is -0.931. The molecule has 6 heteroatoms. The lowest BCUT2D eigenvalue weighted by molar-refractivity contribution is 0.0265. The monoisotopic (exact) mass is 261 g/mol. The summed E-state index contributed by atoms with van der Waals surface area (Å²) in [6.07, 6.45) is 0.547. The van der Waals surface area contributed by atoms with E-state index in [0.29, 0.717) is 22.9 Å². The van der Waals surface area contributed by atoms with Crippen molar-refractivity contribution in [1.29, 1.82) is 0 Å². The predicted octanol–water partition coefficient (Wildman–Crippen LogP) is 1.28. The van der Waals surface area contributed by atoms with E-state index in [1.54, 1.807) is 11.4 Å². The van der Waals surface area contributed by atoms with Crippen molar-refractivity contribution in [1.82, 2.24) is 5.32 Å². The van der Waals surface area contributed by atoms with Crippen LogP contribution in [0.25, 0.3) is 0 Å². The Hall–Kier alpha value is -0.620. The normalized spacial score (nSPS) is 24.6. The topological polar surface area (TPSA) is 58.6 Å². The van der Waals surface area contributed by atoms with Gasteiger partial charge in [0, 0.05) is 19.6 Å². The van der Waals surface area contributed by atoms with E-state index in [0.717, 1.165) is 0 Å². The van der Waals surface area contributed by atoms with Crippen LogP contribution in [0.15, 0.2) is 11.4 Å². The molecule has 0 aliphatic carbocycles. The Balaban J connectivity index is 1.91. The highest BCUT2D eigenvalue weighted by Gasteiger charge is 2.32. The van der Waals surface area contributed by atoms with Crippen LogP contribution in [0.4, 0.5) is 0 Å². The molecular formula is C10H12ClNO3S. The highest BCUT2D eigenvalue weighted by atomic mass is 35.5. The summed E-state index contributed by atoms with van der Waals surface area (Å²) in [5, 5.41) is 14.8. The molecule has 0 radical (unpaired) electrons. The van der Waals surface area contributed by atoms with Gasteiger partial charge in [-0.15, -0.1) is 11.3 Å². The fraction of sp³-hybridized carbons (Fsp3) is 0.500. The van der Waals surface area contributed by atoms with E-state index in [1.807, 2.05) is 0 Å². The largest absolute Gasteiger partial charge is 0.386 e. The van der Waals surface area contributed by atoms with E-state index < -0.39 is 5.60 Å². The van der Waals surface area contributed by atoms with Crippen LogP contribution in [0.5, 0.6) is 0 Å². The maximum absolute atomic E-state index is 11.7. The second-order valence-corrected chi connectivity index (χ2v) is 5.13. The van der Waals surface area contributed by atoms with Gasteiger partial charge >= 0.3 is 0 Å². The minimum Gasteiger partial charge on any atom is -0.386 e. The number of ether oxygens (including phenoxy) is 1. The van der Waals surface area contributed by atoms with Gasteiger partial charge in [-0.1, -0.05) is 11.6 Å². The summed E-state index contributed by atoms with van der Waals surface area (Å²) < 4.78 is 5.08. The summed E-state index contributed by atoms with van der Waals surface area (Å²) in [6.45, 7) is 0.998. The molecule has 1 aromatic rings. The van der Waals surface area contributed by atoms with Crippen molar-refractivity contribution in [3.63, 3.8) is 0 Å². The molecule has 4 nitrogen and oxygen atoms in total. The molecule has 1 fully saturated rings. The van der Waals surface area contributed by atoms with Gasteiger partial charge in [0.25, 0.3) is 5.91 Å². The number of rotatable bonds is 3. The van der Waals surface area contributed by atoms with Gasteiger partial charge in [0.05, 0.1) is 11.6 Å². The van der Waals surface area contributed by atoms with Crippen molar-refractivity contribution in [3.8, 4) is 0 Å². The smallest absolute Gasteiger partial charge is 0.262 e. The Bertz CT molecular complexity index is 387. The molecule has 1 amide bonds. The first-order chi connectivity index (χ1) is 7.61. The van der Waals surface area contributed by atoms with E-state index in [-0.39, 0.29) is 19.1 Å². The van der Waals surface area contributed by atoms with Gasteiger partial charge < -0.3 is 15.2 Å². The second-order valence-electron chi connectivity index (χ2n) is 3.81. The highest BCUT2D eigenvalue weighted by molar-refractivity contribution is 7.12. The summed E-state index contributed by atoms with van der Waals surface area (Å²) >= 11 is 7.11. The van der Waals surface area contributed by atoms with Crippen molar-refractivity contribution in [2.75, 3.05) is 19.8 Å². The lowest BCUT2D eigenvalue weighted by Crippen LogP contribution is -2.43. The highest BCUT2D eigenvalue weighted by Crippen LogP contribution is 2.22. The maximum atomic E-state index is 11.7.